The van der Waals surface area contributed by atoms with Gasteiger partial charge in [-0.3, -0.25) is 0 Å². The van der Waals surface area contributed by atoms with Gasteiger partial charge in [-0.2, -0.15) is 0 Å². The van der Waals surface area contributed by atoms with E-state index in [9.17, 15) is 18.6 Å². The van der Waals surface area contributed by atoms with Crippen molar-refractivity contribution in [1.82, 2.24) is 0 Å². The normalized spacial score (nSPS) is 34.4. The van der Waals surface area contributed by atoms with Crippen molar-refractivity contribution in [3.8, 4) is 0 Å². The average Bonchev–Trinajstić information content (AvgIpc) is 3.09. The molecule has 190 valence electrons. The fourth-order valence-electron chi connectivity index (χ4n) is 5.88. The molecule has 0 saturated heterocycles. The lowest BCUT2D eigenvalue weighted by molar-refractivity contribution is 0.0862. The van der Waals surface area contributed by atoms with Gasteiger partial charge in [-0.25, -0.2) is 8.42 Å². The molecule has 0 spiro atoms. The minimum absolute atomic E-state index is 0.0494. The number of sulfone groups is 1. The van der Waals surface area contributed by atoms with Crippen LogP contribution < -0.4 is 0 Å². The van der Waals surface area contributed by atoms with Crippen LogP contribution in [0.15, 0.2) is 57.5 Å². The zero-order valence-electron chi connectivity index (χ0n) is 21.3. The Morgan fingerprint density at radius 1 is 1.32 bits per heavy atom. The van der Waals surface area contributed by atoms with Gasteiger partial charge in [0.2, 0.25) is 0 Å². The van der Waals surface area contributed by atoms with E-state index in [2.05, 4.69) is 38.7 Å². The SMILES string of the molecule is C=C1/C(=C\C=C2/CCC[C@]3(C)C([C@H](C)C/C=C(\Cl)S(=O)(=O)C(C)(C)C)=CC[C@@H]23)C[C@H](O)C[C@H]1O. The first-order valence-corrected chi connectivity index (χ1v) is 14.3. The highest BCUT2D eigenvalue weighted by molar-refractivity contribution is 7.98. The molecule has 0 aliphatic heterocycles. The van der Waals surface area contributed by atoms with Gasteiger partial charge < -0.3 is 10.2 Å². The highest BCUT2D eigenvalue weighted by Crippen LogP contribution is 2.57. The van der Waals surface area contributed by atoms with E-state index in [1.54, 1.807) is 26.8 Å². The van der Waals surface area contributed by atoms with E-state index in [0.29, 0.717) is 30.8 Å². The molecule has 2 N–H and O–H groups in total. The van der Waals surface area contributed by atoms with E-state index in [-0.39, 0.29) is 15.7 Å². The quantitative estimate of drug-likeness (QED) is 0.423. The van der Waals surface area contributed by atoms with Crippen molar-refractivity contribution in [3.63, 3.8) is 0 Å². The number of hydrogen-bond acceptors (Lipinski definition) is 4. The van der Waals surface area contributed by atoms with Crippen LogP contribution in [0, 0.1) is 17.3 Å². The molecule has 6 heteroatoms. The Kier molecular flexibility index (Phi) is 8.14. The van der Waals surface area contributed by atoms with Crippen LogP contribution in [0.25, 0.3) is 0 Å². The number of allylic oxidation sites excluding steroid dienone is 6. The van der Waals surface area contributed by atoms with Crippen LogP contribution in [0.4, 0.5) is 0 Å². The molecular weight excluding hydrogens is 468 g/mol. The van der Waals surface area contributed by atoms with Crippen molar-refractivity contribution >= 4 is 21.4 Å². The molecule has 0 heterocycles. The number of hydrogen-bond donors (Lipinski definition) is 2. The summed E-state index contributed by atoms with van der Waals surface area (Å²) in [7, 11) is -3.52. The van der Waals surface area contributed by atoms with E-state index in [1.165, 1.54) is 11.1 Å². The van der Waals surface area contributed by atoms with Gasteiger partial charge in [-0.05, 0) is 87.7 Å². The van der Waals surface area contributed by atoms with E-state index in [1.807, 2.05) is 0 Å². The Hall–Kier alpha value is -1.14. The second kappa shape index (κ2) is 10.1. The van der Waals surface area contributed by atoms with Crippen molar-refractivity contribution in [2.45, 2.75) is 96.5 Å². The maximum absolute atomic E-state index is 12.6. The molecule has 0 aromatic rings. The fourth-order valence-corrected chi connectivity index (χ4v) is 7.56. The van der Waals surface area contributed by atoms with Crippen molar-refractivity contribution < 1.29 is 18.6 Å². The molecule has 2 saturated carbocycles. The average molecular weight is 509 g/mol. The van der Waals surface area contributed by atoms with Gasteiger partial charge in [0, 0.05) is 6.42 Å². The van der Waals surface area contributed by atoms with Gasteiger partial charge in [-0.15, -0.1) is 0 Å². The van der Waals surface area contributed by atoms with E-state index in [4.69, 9.17) is 11.6 Å². The molecule has 34 heavy (non-hydrogen) atoms. The van der Waals surface area contributed by atoms with Crippen LogP contribution in [-0.2, 0) is 9.84 Å². The first kappa shape index (κ1) is 27.4. The molecule has 0 unspecified atom stereocenters. The number of rotatable bonds is 5. The maximum atomic E-state index is 12.6. The smallest absolute Gasteiger partial charge is 0.193 e. The summed E-state index contributed by atoms with van der Waals surface area (Å²) in [5.41, 5.74) is 4.51. The Balaban J connectivity index is 1.77. The van der Waals surface area contributed by atoms with Gasteiger partial charge in [0.1, 0.15) is 4.36 Å². The van der Waals surface area contributed by atoms with Gasteiger partial charge in [-0.1, -0.05) is 67.5 Å². The van der Waals surface area contributed by atoms with Crippen LogP contribution in [-0.4, -0.2) is 35.6 Å². The Morgan fingerprint density at radius 3 is 2.65 bits per heavy atom. The molecule has 4 nitrogen and oxygen atoms in total. The predicted octanol–water partition coefficient (Wildman–Crippen LogP) is 6.37. The highest BCUT2D eigenvalue weighted by Gasteiger charge is 2.46. The lowest BCUT2D eigenvalue weighted by atomic mass is 9.62. The molecule has 0 amide bonds. The first-order chi connectivity index (χ1) is 15.7. The minimum atomic E-state index is -3.52. The van der Waals surface area contributed by atoms with E-state index >= 15 is 0 Å². The van der Waals surface area contributed by atoms with E-state index < -0.39 is 26.8 Å². The van der Waals surface area contributed by atoms with Crippen molar-refractivity contribution in [3.05, 3.63) is 57.5 Å². The standard InChI is InChI=1S/C28H41ClO4S/c1-18(9-14-26(29)34(32,33)27(3,4)5)23-12-13-24-20(8-7-15-28(23,24)6)10-11-21-16-22(30)17-25(31)19(21)2/h10-12,14,18,22,24-25,30-31H,2,7-9,13,15-17H2,1,3-6H3/b20-10+,21-11-,26-14+/t18-,22+,24+,25-,28-/m1/s1. The highest BCUT2D eigenvalue weighted by atomic mass is 35.5. The van der Waals surface area contributed by atoms with Gasteiger partial charge in [0.05, 0.1) is 17.0 Å². The van der Waals surface area contributed by atoms with Crippen LogP contribution in [0.1, 0.15) is 79.6 Å². The summed E-state index contributed by atoms with van der Waals surface area (Å²) in [6.45, 7) is 13.5. The Bertz CT molecular complexity index is 1040. The monoisotopic (exact) mass is 508 g/mol. The summed E-state index contributed by atoms with van der Waals surface area (Å²) in [5.74, 6) is 0.625. The number of aliphatic hydroxyl groups is 2. The molecule has 0 aromatic carbocycles. The zero-order valence-corrected chi connectivity index (χ0v) is 22.8. The van der Waals surface area contributed by atoms with Crippen LogP contribution in [0.5, 0.6) is 0 Å². The topological polar surface area (TPSA) is 74.6 Å². The summed E-state index contributed by atoms with van der Waals surface area (Å²) in [6, 6.07) is 0. The first-order valence-electron chi connectivity index (χ1n) is 12.4. The lowest BCUT2D eigenvalue weighted by Crippen LogP contribution is -2.32. The summed E-state index contributed by atoms with van der Waals surface area (Å²) in [5, 5.41) is 20.2. The molecule has 0 aromatic heterocycles. The number of fused-ring (bicyclic) bond motifs is 1. The van der Waals surface area contributed by atoms with Crippen molar-refractivity contribution in [2.24, 2.45) is 17.3 Å². The molecule has 2 fully saturated rings. The van der Waals surface area contributed by atoms with E-state index in [0.717, 1.165) is 31.3 Å². The lowest BCUT2D eigenvalue weighted by Gasteiger charge is -2.42. The number of halogens is 1. The Morgan fingerprint density at radius 2 is 2.00 bits per heavy atom. The second-order valence-corrected chi connectivity index (χ2v) is 14.9. The Labute approximate surface area is 211 Å². The van der Waals surface area contributed by atoms with Crippen LogP contribution >= 0.6 is 11.6 Å². The third kappa shape index (κ3) is 5.33. The summed E-state index contributed by atoms with van der Waals surface area (Å²) in [6.07, 6.45) is 12.8. The molecule has 0 radical (unpaired) electrons. The molecule has 3 aliphatic rings. The largest absolute Gasteiger partial charge is 0.393 e. The minimum Gasteiger partial charge on any atom is -0.393 e. The van der Waals surface area contributed by atoms with Gasteiger partial charge in [0.15, 0.2) is 9.84 Å². The predicted molar refractivity (Wildman–Crippen MR) is 141 cm³/mol. The third-order valence-corrected chi connectivity index (χ3v) is 11.2. The summed E-state index contributed by atoms with van der Waals surface area (Å²) >= 11 is 6.25. The van der Waals surface area contributed by atoms with Crippen LogP contribution in [0.2, 0.25) is 0 Å². The summed E-state index contributed by atoms with van der Waals surface area (Å²) in [4.78, 5) is 0. The number of aliphatic hydroxyl groups excluding tert-OH is 2. The van der Waals surface area contributed by atoms with Gasteiger partial charge in [0.25, 0.3) is 0 Å². The molecule has 3 aliphatic carbocycles. The zero-order chi connectivity index (χ0) is 25.5. The fraction of sp³-hybridized carbons (Fsp3) is 0.643. The summed E-state index contributed by atoms with van der Waals surface area (Å²) < 4.78 is 24.3. The molecule has 5 atom stereocenters. The third-order valence-electron chi connectivity index (χ3n) is 8.10. The molecular formula is C28H41ClO4S. The van der Waals surface area contributed by atoms with Crippen molar-refractivity contribution in [1.29, 1.82) is 0 Å². The molecule has 3 rings (SSSR count). The van der Waals surface area contributed by atoms with Gasteiger partial charge >= 0.3 is 0 Å². The molecule has 0 bridgehead atoms. The van der Waals surface area contributed by atoms with Crippen molar-refractivity contribution in [2.75, 3.05) is 0 Å². The van der Waals surface area contributed by atoms with Crippen LogP contribution in [0.3, 0.4) is 0 Å². The second-order valence-electron chi connectivity index (χ2n) is 11.5. The maximum Gasteiger partial charge on any atom is 0.193 e.